The summed E-state index contributed by atoms with van der Waals surface area (Å²) in [5, 5.41) is 62.2. The summed E-state index contributed by atoms with van der Waals surface area (Å²) in [4.78, 5) is 13.5. The molecule has 1 heterocycles. The number of carbonyl (C=O) groups is 1. The Kier molecular flexibility index (Phi) is 33.2. The number of ether oxygens (including phenoxy) is 2. The molecule has 0 amide bonds. The molecule has 1 fully saturated rings. The molecule has 9 nitrogen and oxygen atoms in total. The van der Waals surface area contributed by atoms with Crippen LogP contribution >= 0.6 is 0 Å². The molecule has 1 rings (SSSR count). The predicted octanol–water partition coefficient (Wildman–Crippen LogP) is 9.26. The second-order valence-electron chi connectivity index (χ2n) is 16.8. The maximum absolute atomic E-state index is 13.5. The summed E-state index contributed by atoms with van der Waals surface area (Å²) in [5.41, 5.74) is 0. The lowest BCUT2D eigenvalue weighted by molar-refractivity contribution is -0.303. The largest absolute Gasteiger partial charge is 0.394 e. The van der Waals surface area contributed by atoms with Crippen LogP contribution in [0.1, 0.15) is 207 Å². The molecule has 55 heavy (non-hydrogen) atoms. The third kappa shape index (κ3) is 25.2. The van der Waals surface area contributed by atoms with Crippen LogP contribution in [-0.2, 0) is 14.3 Å². The van der Waals surface area contributed by atoms with Crippen molar-refractivity contribution in [3.05, 3.63) is 12.2 Å². The SMILES string of the molecule is CCCCCCCCCCCC/C=C/[C@@H](O)[C@H](CO[C@@H]1O[C@H](CO)[C@H](O)[C@H](O)[C@H]1O)C(=O)[C@H](O)CCCCCCCCCCCCCCCCCC(C)CC. The monoisotopic (exact) mass is 785 g/mol. The lowest BCUT2D eigenvalue weighted by atomic mass is 9.91. The van der Waals surface area contributed by atoms with Gasteiger partial charge >= 0.3 is 0 Å². The predicted molar refractivity (Wildman–Crippen MR) is 224 cm³/mol. The van der Waals surface area contributed by atoms with Gasteiger partial charge in [0, 0.05) is 0 Å². The topological polar surface area (TPSA) is 157 Å². The van der Waals surface area contributed by atoms with Crippen LogP contribution in [0.5, 0.6) is 0 Å². The van der Waals surface area contributed by atoms with Crippen LogP contribution < -0.4 is 0 Å². The minimum absolute atomic E-state index is 0.294. The minimum Gasteiger partial charge on any atom is -0.394 e. The van der Waals surface area contributed by atoms with Crippen molar-refractivity contribution in [3.63, 3.8) is 0 Å². The lowest BCUT2D eigenvalue weighted by Crippen LogP contribution is -2.59. The Morgan fingerprint density at radius 2 is 1.09 bits per heavy atom. The number of rotatable bonds is 38. The maximum atomic E-state index is 13.5. The zero-order valence-corrected chi connectivity index (χ0v) is 35.7. The third-order valence-electron chi connectivity index (χ3n) is 11.8. The van der Waals surface area contributed by atoms with Crippen molar-refractivity contribution in [2.75, 3.05) is 13.2 Å². The Hall–Kier alpha value is -0.910. The van der Waals surface area contributed by atoms with E-state index >= 15 is 0 Å². The Morgan fingerprint density at radius 3 is 1.56 bits per heavy atom. The summed E-state index contributed by atoms with van der Waals surface area (Å²) in [6, 6.07) is 0. The van der Waals surface area contributed by atoms with E-state index in [1.54, 1.807) is 6.08 Å². The zero-order valence-electron chi connectivity index (χ0n) is 35.7. The molecule has 0 bridgehead atoms. The molecule has 0 aromatic carbocycles. The van der Waals surface area contributed by atoms with Gasteiger partial charge in [0.25, 0.3) is 0 Å². The van der Waals surface area contributed by atoms with Crippen molar-refractivity contribution in [2.24, 2.45) is 11.8 Å². The molecular formula is C46H88O9. The van der Waals surface area contributed by atoms with E-state index in [-0.39, 0.29) is 6.61 Å². The molecule has 1 unspecified atom stereocenters. The second kappa shape index (κ2) is 35.1. The van der Waals surface area contributed by atoms with Crippen LogP contribution in [-0.4, -0.2) is 92.5 Å². The zero-order chi connectivity index (χ0) is 40.5. The summed E-state index contributed by atoms with van der Waals surface area (Å²) in [6.45, 7) is 5.90. The molecule has 326 valence electrons. The van der Waals surface area contributed by atoms with Crippen molar-refractivity contribution < 1.29 is 44.9 Å². The van der Waals surface area contributed by atoms with Gasteiger partial charge in [0.2, 0.25) is 0 Å². The minimum atomic E-state index is -1.62. The standard InChI is InChI=1S/C46H88O9/c1-4-6-7-8-9-10-11-18-21-24-27-30-33-39(48)38(36-54-46-45(53)44(52)43(51)41(35-47)55-46)42(50)40(49)34-31-28-25-22-19-16-14-12-13-15-17-20-23-26-29-32-37(3)5-2/h30,33,37-41,43-49,51-53H,4-29,31-32,34-36H2,1-3H3/b33-30+/t37?,38-,39+,40+,41+,43-,44-,45+,46+/m0/s1. The number of hydrogen-bond acceptors (Lipinski definition) is 9. The fourth-order valence-electron chi connectivity index (χ4n) is 7.59. The molecule has 0 saturated carbocycles. The summed E-state index contributed by atoms with van der Waals surface area (Å²) in [6.07, 6.45) is 28.3. The number of aliphatic hydroxyl groups excluding tert-OH is 6. The van der Waals surface area contributed by atoms with Crippen molar-refractivity contribution >= 4 is 5.78 Å². The van der Waals surface area contributed by atoms with Crippen LogP contribution in [0.25, 0.3) is 0 Å². The molecule has 0 aromatic heterocycles. The first-order valence-electron chi connectivity index (χ1n) is 23.2. The van der Waals surface area contributed by atoms with Crippen molar-refractivity contribution in [2.45, 2.75) is 250 Å². The summed E-state index contributed by atoms with van der Waals surface area (Å²) in [7, 11) is 0. The summed E-state index contributed by atoms with van der Waals surface area (Å²) in [5.74, 6) is -0.779. The van der Waals surface area contributed by atoms with Crippen molar-refractivity contribution in [1.29, 1.82) is 0 Å². The number of ketones is 1. The van der Waals surface area contributed by atoms with Crippen LogP contribution in [0.15, 0.2) is 12.2 Å². The van der Waals surface area contributed by atoms with Gasteiger partial charge in [-0.1, -0.05) is 200 Å². The van der Waals surface area contributed by atoms with Gasteiger partial charge in [-0.2, -0.15) is 0 Å². The Morgan fingerprint density at radius 1 is 0.636 bits per heavy atom. The highest BCUT2D eigenvalue weighted by atomic mass is 16.7. The Bertz CT molecular complexity index is 899. The molecule has 6 N–H and O–H groups in total. The van der Waals surface area contributed by atoms with Gasteiger partial charge < -0.3 is 40.1 Å². The van der Waals surface area contributed by atoms with Gasteiger partial charge in [-0.15, -0.1) is 0 Å². The lowest BCUT2D eigenvalue weighted by Gasteiger charge is -2.40. The number of carbonyl (C=O) groups excluding carboxylic acids is 1. The average molecular weight is 785 g/mol. The molecule has 9 atom stereocenters. The van der Waals surface area contributed by atoms with Gasteiger partial charge in [-0.25, -0.2) is 0 Å². The molecule has 0 radical (unpaired) electrons. The van der Waals surface area contributed by atoms with E-state index in [0.717, 1.165) is 44.4 Å². The number of Topliss-reactive ketones (excluding diaryl/α,β-unsaturated/α-hetero) is 1. The van der Waals surface area contributed by atoms with Gasteiger partial charge in [0.1, 0.15) is 30.5 Å². The van der Waals surface area contributed by atoms with E-state index in [4.69, 9.17) is 9.47 Å². The Labute approximate surface area is 337 Å². The molecular weight excluding hydrogens is 696 g/mol. The van der Waals surface area contributed by atoms with Gasteiger partial charge in [-0.3, -0.25) is 4.79 Å². The summed E-state index contributed by atoms with van der Waals surface area (Å²) >= 11 is 0. The van der Waals surface area contributed by atoms with Crippen molar-refractivity contribution in [3.8, 4) is 0 Å². The highest BCUT2D eigenvalue weighted by molar-refractivity contribution is 5.86. The van der Waals surface area contributed by atoms with Crippen LogP contribution in [0.4, 0.5) is 0 Å². The smallest absolute Gasteiger partial charge is 0.186 e. The number of aliphatic hydroxyl groups is 6. The molecule has 0 aromatic rings. The van der Waals surface area contributed by atoms with E-state index in [9.17, 15) is 35.4 Å². The summed E-state index contributed by atoms with van der Waals surface area (Å²) < 4.78 is 11.1. The first kappa shape index (κ1) is 52.1. The fraction of sp³-hybridized carbons (Fsp3) is 0.935. The van der Waals surface area contributed by atoms with E-state index in [2.05, 4.69) is 20.8 Å². The van der Waals surface area contributed by atoms with Crippen LogP contribution in [0.2, 0.25) is 0 Å². The molecule has 1 aliphatic rings. The quantitative estimate of drug-likeness (QED) is 0.0265. The van der Waals surface area contributed by atoms with E-state index in [1.807, 2.05) is 6.08 Å². The van der Waals surface area contributed by atoms with E-state index in [0.29, 0.717) is 12.8 Å². The van der Waals surface area contributed by atoms with Crippen LogP contribution in [0, 0.1) is 11.8 Å². The number of hydrogen-bond donors (Lipinski definition) is 6. The molecule has 1 saturated heterocycles. The first-order chi connectivity index (χ1) is 26.7. The highest BCUT2D eigenvalue weighted by Crippen LogP contribution is 2.24. The van der Waals surface area contributed by atoms with Gasteiger partial charge in [0.05, 0.1) is 25.2 Å². The van der Waals surface area contributed by atoms with Gasteiger partial charge in [-0.05, 0) is 25.2 Å². The Balaban J connectivity index is 2.40. The number of unbranched alkanes of at least 4 members (excludes halogenated alkanes) is 24. The average Bonchev–Trinajstić information content (AvgIpc) is 3.18. The first-order valence-corrected chi connectivity index (χ1v) is 23.2. The normalized spacial score (nSPS) is 22.6. The van der Waals surface area contributed by atoms with Crippen LogP contribution in [0.3, 0.4) is 0 Å². The maximum Gasteiger partial charge on any atom is 0.186 e. The molecule has 9 heteroatoms. The second-order valence-corrected chi connectivity index (χ2v) is 16.8. The third-order valence-corrected chi connectivity index (χ3v) is 11.8. The van der Waals surface area contributed by atoms with Gasteiger partial charge in [0.15, 0.2) is 12.1 Å². The highest BCUT2D eigenvalue weighted by Gasteiger charge is 2.44. The fourth-order valence-corrected chi connectivity index (χ4v) is 7.59. The molecule has 0 spiro atoms. The van der Waals surface area contributed by atoms with E-state index < -0.39 is 61.2 Å². The molecule has 1 aliphatic heterocycles. The van der Waals surface area contributed by atoms with Crippen molar-refractivity contribution in [1.82, 2.24) is 0 Å². The number of allylic oxidation sites excluding steroid dienone is 1. The van der Waals surface area contributed by atoms with E-state index in [1.165, 1.54) is 135 Å². The molecule has 0 aliphatic carbocycles.